The van der Waals surface area contributed by atoms with Crippen LogP contribution in [0.15, 0.2) is 24.3 Å². The minimum Gasteiger partial charge on any atom is -0.481 e. The van der Waals surface area contributed by atoms with Crippen molar-refractivity contribution in [3.8, 4) is 0 Å². The molecule has 1 aromatic rings. The van der Waals surface area contributed by atoms with Crippen molar-refractivity contribution >= 4 is 12.0 Å². The van der Waals surface area contributed by atoms with Gasteiger partial charge in [0.15, 0.2) is 0 Å². The first-order valence-corrected chi connectivity index (χ1v) is 5.76. The number of carboxylic acid groups (broad SMARTS) is 1. The fourth-order valence-electron chi connectivity index (χ4n) is 2.15. The molecule has 0 amide bonds. The highest BCUT2D eigenvalue weighted by Gasteiger charge is 2.08. The van der Waals surface area contributed by atoms with Crippen molar-refractivity contribution in [2.45, 2.75) is 32.1 Å². The van der Waals surface area contributed by atoms with Crippen molar-refractivity contribution in [2.24, 2.45) is 0 Å². The lowest BCUT2D eigenvalue weighted by atomic mass is 9.90. The van der Waals surface area contributed by atoms with E-state index in [-0.39, 0.29) is 6.42 Å². The highest BCUT2D eigenvalue weighted by Crippen LogP contribution is 2.22. The molecule has 16 heavy (non-hydrogen) atoms. The molecule has 0 unspecified atom stereocenters. The SMILES string of the molecule is O=C(O)C/C=C/c1ccc2c(c1)CCCC2. The largest absolute Gasteiger partial charge is 0.481 e. The molecule has 2 nitrogen and oxygen atoms in total. The molecule has 1 aliphatic carbocycles. The zero-order valence-corrected chi connectivity index (χ0v) is 9.28. The molecule has 0 radical (unpaired) electrons. The average Bonchev–Trinajstić information content (AvgIpc) is 2.28. The smallest absolute Gasteiger partial charge is 0.307 e. The number of carboxylic acids is 1. The molecule has 0 bridgehead atoms. The summed E-state index contributed by atoms with van der Waals surface area (Å²) >= 11 is 0. The standard InChI is InChI=1S/C14H16O2/c15-14(16)7-3-4-11-8-9-12-5-1-2-6-13(12)10-11/h3-4,8-10H,1-2,5-7H2,(H,15,16)/b4-3+. The Morgan fingerprint density at radius 3 is 2.75 bits per heavy atom. The van der Waals surface area contributed by atoms with Crippen LogP contribution in [-0.2, 0) is 17.6 Å². The zero-order chi connectivity index (χ0) is 11.4. The Hall–Kier alpha value is -1.57. The summed E-state index contributed by atoms with van der Waals surface area (Å²) in [6.45, 7) is 0. The van der Waals surface area contributed by atoms with E-state index >= 15 is 0 Å². The number of benzene rings is 1. The Kier molecular flexibility index (Phi) is 3.40. The summed E-state index contributed by atoms with van der Waals surface area (Å²) in [5, 5.41) is 8.53. The van der Waals surface area contributed by atoms with Crippen LogP contribution in [0.1, 0.15) is 36.0 Å². The summed E-state index contributed by atoms with van der Waals surface area (Å²) in [7, 11) is 0. The molecule has 0 saturated carbocycles. The van der Waals surface area contributed by atoms with Gasteiger partial charge in [0.2, 0.25) is 0 Å². The second-order valence-electron chi connectivity index (χ2n) is 4.24. The molecule has 1 N–H and O–H groups in total. The molecule has 2 rings (SSSR count). The normalized spacial score (nSPS) is 15.0. The van der Waals surface area contributed by atoms with E-state index in [9.17, 15) is 4.79 Å². The molecule has 0 atom stereocenters. The third-order valence-electron chi connectivity index (χ3n) is 2.98. The lowest BCUT2D eigenvalue weighted by molar-refractivity contribution is -0.135. The van der Waals surface area contributed by atoms with Gasteiger partial charge in [0.25, 0.3) is 0 Å². The van der Waals surface area contributed by atoms with Crippen LogP contribution in [-0.4, -0.2) is 11.1 Å². The maximum absolute atomic E-state index is 10.4. The number of aliphatic carboxylic acids is 1. The molecule has 0 heterocycles. The molecule has 0 fully saturated rings. The van der Waals surface area contributed by atoms with Gasteiger partial charge in [-0.05, 0) is 42.4 Å². The summed E-state index contributed by atoms with van der Waals surface area (Å²) in [4.78, 5) is 10.4. The Labute approximate surface area is 95.6 Å². The van der Waals surface area contributed by atoms with E-state index in [0.717, 1.165) is 12.0 Å². The lowest BCUT2D eigenvalue weighted by Gasteiger charge is -2.15. The molecular weight excluding hydrogens is 200 g/mol. The van der Waals surface area contributed by atoms with Crippen molar-refractivity contribution in [2.75, 3.05) is 0 Å². The van der Waals surface area contributed by atoms with E-state index in [1.807, 2.05) is 6.08 Å². The summed E-state index contributed by atoms with van der Waals surface area (Å²) in [6.07, 6.45) is 8.61. The van der Waals surface area contributed by atoms with E-state index in [0.29, 0.717) is 0 Å². The maximum Gasteiger partial charge on any atom is 0.307 e. The fourth-order valence-corrected chi connectivity index (χ4v) is 2.15. The second-order valence-corrected chi connectivity index (χ2v) is 4.24. The molecule has 0 saturated heterocycles. The van der Waals surface area contributed by atoms with Gasteiger partial charge >= 0.3 is 5.97 Å². The Bertz CT molecular complexity index is 419. The van der Waals surface area contributed by atoms with Crippen LogP contribution in [0.4, 0.5) is 0 Å². The number of hydrogen-bond donors (Lipinski definition) is 1. The molecule has 0 spiro atoms. The predicted molar refractivity (Wildman–Crippen MR) is 64.4 cm³/mol. The molecule has 1 aromatic carbocycles. The molecule has 2 heteroatoms. The summed E-state index contributed by atoms with van der Waals surface area (Å²) in [6, 6.07) is 6.43. The van der Waals surface area contributed by atoms with Gasteiger partial charge in [-0.15, -0.1) is 0 Å². The van der Waals surface area contributed by atoms with E-state index < -0.39 is 5.97 Å². The van der Waals surface area contributed by atoms with Gasteiger partial charge in [0, 0.05) is 0 Å². The zero-order valence-electron chi connectivity index (χ0n) is 9.28. The first-order valence-electron chi connectivity index (χ1n) is 5.76. The third-order valence-corrected chi connectivity index (χ3v) is 2.98. The maximum atomic E-state index is 10.4. The molecule has 0 aliphatic heterocycles. The number of aryl methyl sites for hydroxylation is 2. The second kappa shape index (κ2) is 4.97. The molecule has 84 valence electrons. The van der Waals surface area contributed by atoms with Gasteiger partial charge < -0.3 is 5.11 Å². The monoisotopic (exact) mass is 216 g/mol. The van der Waals surface area contributed by atoms with E-state index in [1.54, 1.807) is 6.08 Å². The topological polar surface area (TPSA) is 37.3 Å². The van der Waals surface area contributed by atoms with Gasteiger partial charge in [-0.1, -0.05) is 30.4 Å². The first kappa shape index (κ1) is 10.9. The Morgan fingerprint density at radius 1 is 1.25 bits per heavy atom. The van der Waals surface area contributed by atoms with Gasteiger partial charge in [-0.25, -0.2) is 0 Å². The first-order chi connectivity index (χ1) is 7.75. The molecule has 1 aliphatic rings. The van der Waals surface area contributed by atoms with Crippen LogP contribution in [0.3, 0.4) is 0 Å². The quantitative estimate of drug-likeness (QED) is 0.843. The number of carbonyl (C=O) groups is 1. The minimum absolute atomic E-state index is 0.0943. The third kappa shape index (κ3) is 2.72. The fraction of sp³-hybridized carbons (Fsp3) is 0.357. The van der Waals surface area contributed by atoms with E-state index in [4.69, 9.17) is 5.11 Å². The Morgan fingerprint density at radius 2 is 2.00 bits per heavy atom. The van der Waals surface area contributed by atoms with Gasteiger partial charge in [0.1, 0.15) is 0 Å². The minimum atomic E-state index is -0.783. The van der Waals surface area contributed by atoms with Crippen molar-refractivity contribution in [3.63, 3.8) is 0 Å². The van der Waals surface area contributed by atoms with Crippen molar-refractivity contribution in [1.82, 2.24) is 0 Å². The van der Waals surface area contributed by atoms with Crippen LogP contribution >= 0.6 is 0 Å². The van der Waals surface area contributed by atoms with Crippen molar-refractivity contribution in [3.05, 3.63) is 41.0 Å². The lowest BCUT2D eigenvalue weighted by Crippen LogP contribution is -2.02. The van der Waals surface area contributed by atoms with Crippen molar-refractivity contribution < 1.29 is 9.90 Å². The molecule has 0 aromatic heterocycles. The highest BCUT2D eigenvalue weighted by molar-refractivity contribution is 5.70. The van der Waals surface area contributed by atoms with E-state index in [2.05, 4.69) is 18.2 Å². The number of hydrogen-bond acceptors (Lipinski definition) is 1. The summed E-state index contributed by atoms with van der Waals surface area (Å²) in [5.41, 5.74) is 4.01. The van der Waals surface area contributed by atoms with Crippen LogP contribution < -0.4 is 0 Å². The Balaban J connectivity index is 2.11. The van der Waals surface area contributed by atoms with Crippen LogP contribution in [0.25, 0.3) is 6.08 Å². The number of rotatable bonds is 3. The van der Waals surface area contributed by atoms with Crippen LogP contribution in [0.5, 0.6) is 0 Å². The van der Waals surface area contributed by atoms with Gasteiger partial charge in [-0.3, -0.25) is 4.79 Å². The molecular formula is C14H16O2. The van der Waals surface area contributed by atoms with Gasteiger partial charge in [0.05, 0.1) is 6.42 Å². The summed E-state index contributed by atoms with van der Waals surface area (Å²) in [5.74, 6) is -0.783. The van der Waals surface area contributed by atoms with Crippen molar-refractivity contribution in [1.29, 1.82) is 0 Å². The number of fused-ring (bicyclic) bond motifs is 1. The average molecular weight is 216 g/mol. The van der Waals surface area contributed by atoms with E-state index in [1.165, 1.54) is 30.4 Å². The summed E-state index contributed by atoms with van der Waals surface area (Å²) < 4.78 is 0. The predicted octanol–water partition coefficient (Wildman–Crippen LogP) is 3.05. The van der Waals surface area contributed by atoms with Crippen LogP contribution in [0.2, 0.25) is 0 Å². The van der Waals surface area contributed by atoms with Crippen LogP contribution in [0, 0.1) is 0 Å². The van der Waals surface area contributed by atoms with Gasteiger partial charge in [-0.2, -0.15) is 0 Å². The highest BCUT2D eigenvalue weighted by atomic mass is 16.4.